The van der Waals surface area contributed by atoms with Gasteiger partial charge in [0.2, 0.25) is 0 Å². The number of aromatic nitrogens is 1. The van der Waals surface area contributed by atoms with E-state index in [1.165, 1.54) is 15.1 Å². The average molecular weight is 567 g/mol. The third-order valence-electron chi connectivity index (χ3n) is 5.70. The number of rotatable bonds is 5. The molecule has 1 aliphatic heterocycles. The quantitative estimate of drug-likeness (QED) is 0.269. The SMILES string of the molecule is Cc1ccc(S(=O)(=O)n2cc(/C=C3\SC(=O)N(Cc4ccc(Br)cc4)C3=O)c3ccccc32)cc1. The number of aryl methyl sites for hydroxylation is 1. The van der Waals surface area contributed by atoms with Crippen molar-refractivity contribution in [3.05, 3.63) is 105 Å². The summed E-state index contributed by atoms with van der Waals surface area (Å²) in [6.07, 6.45) is 3.10. The molecule has 176 valence electrons. The molecule has 5 rings (SSSR count). The first-order valence-electron chi connectivity index (χ1n) is 10.7. The highest BCUT2D eigenvalue weighted by Gasteiger charge is 2.35. The van der Waals surface area contributed by atoms with E-state index >= 15 is 0 Å². The van der Waals surface area contributed by atoms with E-state index in [1.807, 2.05) is 37.3 Å². The molecule has 0 radical (unpaired) electrons. The number of hydrogen-bond acceptors (Lipinski definition) is 5. The van der Waals surface area contributed by atoms with Crippen LogP contribution in [0.25, 0.3) is 17.0 Å². The second-order valence-electron chi connectivity index (χ2n) is 8.11. The monoisotopic (exact) mass is 566 g/mol. The van der Waals surface area contributed by atoms with Gasteiger partial charge in [0.05, 0.1) is 21.9 Å². The Balaban J connectivity index is 1.53. The highest BCUT2D eigenvalue weighted by molar-refractivity contribution is 9.10. The zero-order valence-corrected chi connectivity index (χ0v) is 21.7. The third kappa shape index (κ3) is 4.47. The van der Waals surface area contributed by atoms with Gasteiger partial charge < -0.3 is 0 Å². The second kappa shape index (κ2) is 9.14. The summed E-state index contributed by atoms with van der Waals surface area (Å²) < 4.78 is 29.0. The zero-order chi connectivity index (χ0) is 24.7. The van der Waals surface area contributed by atoms with Crippen LogP contribution >= 0.6 is 27.7 Å². The fourth-order valence-corrected chi connectivity index (χ4v) is 6.33. The Morgan fingerprint density at radius 2 is 1.63 bits per heavy atom. The van der Waals surface area contributed by atoms with Gasteiger partial charge >= 0.3 is 0 Å². The number of imide groups is 1. The van der Waals surface area contributed by atoms with Crippen molar-refractivity contribution in [1.82, 2.24) is 8.87 Å². The highest BCUT2D eigenvalue weighted by Crippen LogP contribution is 2.35. The molecule has 6 nitrogen and oxygen atoms in total. The summed E-state index contributed by atoms with van der Waals surface area (Å²) >= 11 is 4.23. The molecule has 0 N–H and O–H groups in total. The molecule has 0 atom stereocenters. The smallest absolute Gasteiger partial charge is 0.268 e. The molecule has 1 fully saturated rings. The summed E-state index contributed by atoms with van der Waals surface area (Å²) in [4.78, 5) is 27.3. The van der Waals surface area contributed by atoms with Gasteiger partial charge in [-0.05, 0) is 60.7 Å². The van der Waals surface area contributed by atoms with E-state index in [0.717, 1.165) is 27.4 Å². The Kier molecular flexibility index (Phi) is 6.16. The second-order valence-corrected chi connectivity index (χ2v) is 11.8. The lowest BCUT2D eigenvalue weighted by Gasteiger charge is -2.12. The fraction of sp³-hybridized carbons (Fsp3) is 0.0769. The van der Waals surface area contributed by atoms with Gasteiger partial charge in [0, 0.05) is 21.6 Å². The molecule has 0 saturated carbocycles. The number of para-hydroxylation sites is 1. The molecule has 0 aliphatic carbocycles. The number of halogens is 1. The number of carbonyl (C=O) groups is 2. The minimum Gasteiger partial charge on any atom is -0.268 e. The predicted octanol–water partition coefficient (Wildman–Crippen LogP) is 6.19. The van der Waals surface area contributed by atoms with Gasteiger partial charge in [0.1, 0.15) is 0 Å². The number of thioether (sulfide) groups is 1. The first-order chi connectivity index (χ1) is 16.7. The van der Waals surface area contributed by atoms with Crippen molar-refractivity contribution in [2.45, 2.75) is 18.4 Å². The lowest BCUT2D eigenvalue weighted by atomic mass is 10.1. The Morgan fingerprint density at radius 3 is 2.34 bits per heavy atom. The summed E-state index contributed by atoms with van der Waals surface area (Å²) in [6.45, 7) is 2.06. The number of amides is 2. The predicted molar refractivity (Wildman–Crippen MR) is 141 cm³/mol. The molecule has 1 aliphatic rings. The molecule has 2 amide bonds. The van der Waals surface area contributed by atoms with Crippen LogP contribution in [0, 0.1) is 6.92 Å². The van der Waals surface area contributed by atoms with Gasteiger partial charge in [-0.3, -0.25) is 14.5 Å². The van der Waals surface area contributed by atoms with Gasteiger partial charge in [-0.2, -0.15) is 0 Å². The maximum atomic E-state index is 13.4. The Morgan fingerprint density at radius 1 is 0.943 bits per heavy atom. The molecule has 1 aromatic heterocycles. The van der Waals surface area contributed by atoms with Crippen molar-refractivity contribution < 1.29 is 18.0 Å². The van der Waals surface area contributed by atoms with E-state index in [4.69, 9.17) is 0 Å². The van der Waals surface area contributed by atoms with E-state index in [9.17, 15) is 18.0 Å². The number of fused-ring (bicyclic) bond motifs is 1. The van der Waals surface area contributed by atoms with E-state index in [1.54, 1.807) is 48.5 Å². The molecule has 0 spiro atoms. The van der Waals surface area contributed by atoms with E-state index in [0.29, 0.717) is 16.5 Å². The molecule has 0 bridgehead atoms. The standard InChI is InChI=1S/C26H19BrN2O4S2/c1-17-6-12-21(13-7-17)35(32,33)29-16-19(22-4-2-3-5-23(22)29)14-24-25(30)28(26(31)34-24)15-18-8-10-20(27)11-9-18/h2-14,16H,15H2,1H3/b24-14-. The Bertz CT molecular complexity index is 1610. The zero-order valence-electron chi connectivity index (χ0n) is 18.5. The fourth-order valence-electron chi connectivity index (χ4n) is 3.86. The third-order valence-corrected chi connectivity index (χ3v) is 8.82. The molecule has 9 heteroatoms. The minimum atomic E-state index is -3.86. The number of benzene rings is 3. The first kappa shape index (κ1) is 23.6. The van der Waals surface area contributed by atoms with Crippen LogP contribution in [0.5, 0.6) is 0 Å². The summed E-state index contributed by atoms with van der Waals surface area (Å²) in [6, 6.07) is 21.1. The minimum absolute atomic E-state index is 0.166. The van der Waals surface area contributed by atoms with Gasteiger partial charge in [0.25, 0.3) is 21.2 Å². The van der Waals surface area contributed by atoms with Gasteiger partial charge in [-0.1, -0.05) is 64.0 Å². The molecule has 4 aromatic rings. The summed E-state index contributed by atoms with van der Waals surface area (Å²) in [7, 11) is -3.86. The summed E-state index contributed by atoms with van der Waals surface area (Å²) in [5.74, 6) is -0.402. The Hall–Kier alpha value is -3.14. The van der Waals surface area contributed by atoms with E-state index < -0.39 is 15.9 Å². The maximum Gasteiger partial charge on any atom is 0.293 e. The van der Waals surface area contributed by atoms with Crippen molar-refractivity contribution in [2.75, 3.05) is 0 Å². The topological polar surface area (TPSA) is 76.5 Å². The van der Waals surface area contributed by atoms with Crippen molar-refractivity contribution in [3.8, 4) is 0 Å². The average Bonchev–Trinajstić information content (AvgIpc) is 3.34. The maximum absolute atomic E-state index is 13.4. The van der Waals surface area contributed by atoms with Crippen molar-refractivity contribution in [2.24, 2.45) is 0 Å². The lowest BCUT2D eigenvalue weighted by molar-refractivity contribution is -0.123. The lowest BCUT2D eigenvalue weighted by Crippen LogP contribution is -2.27. The molecular formula is C26H19BrN2O4S2. The molecule has 35 heavy (non-hydrogen) atoms. The van der Waals surface area contributed by atoms with Crippen LogP contribution in [0.3, 0.4) is 0 Å². The van der Waals surface area contributed by atoms with Gasteiger partial charge in [-0.25, -0.2) is 12.4 Å². The van der Waals surface area contributed by atoms with Crippen LogP contribution in [0.4, 0.5) is 4.79 Å². The van der Waals surface area contributed by atoms with Gasteiger partial charge in [-0.15, -0.1) is 0 Å². The molecule has 3 aromatic carbocycles. The number of carbonyl (C=O) groups excluding carboxylic acids is 2. The normalized spacial score (nSPS) is 15.5. The molecule has 0 unspecified atom stereocenters. The van der Waals surface area contributed by atoms with E-state index in [-0.39, 0.29) is 21.6 Å². The summed E-state index contributed by atoms with van der Waals surface area (Å²) in [5, 5.41) is 0.308. The van der Waals surface area contributed by atoms with Crippen molar-refractivity contribution in [1.29, 1.82) is 0 Å². The van der Waals surface area contributed by atoms with Crippen LogP contribution in [0.1, 0.15) is 16.7 Å². The van der Waals surface area contributed by atoms with Crippen LogP contribution in [0.15, 0.2) is 93.3 Å². The number of hydrogen-bond donors (Lipinski definition) is 0. The van der Waals surface area contributed by atoms with E-state index in [2.05, 4.69) is 15.9 Å². The molecular weight excluding hydrogens is 548 g/mol. The largest absolute Gasteiger partial charge is 0.293 e. The Labute approximate surface area is 215 Å². The van der Waals surface area contributed by atoms with Gasteiger partial charge in [0.15, 0.2) is 0 Å². The van der Waals surface area contributed by atoms with Crippen LogP contribution in [0.2, 0.25) is 0 Å². The molecule has 1 saturated heterocycles. The van der Waals surface area contributed by atoms with Crippen LogP contribution < -0.4 is 0 Å². The van der Waals surface area contributed by atoms with Crippen molar-refractivity contribution >= 4 is 65.8 Å². The highest BCUT2D eigenvalue weighted by atomic mass is 79.9. The summed E-state index contributed by atoms with van der Waals surface area (Å²) in [5.41, 5.74) is 2.83. The molecule has 2 heterocycles. The van der Waals surface area contributed by atoms with Crippen LogP contribution in [-0.2, 0) is 21.4 Å². The first-order valence-corrected chi connectivity index (χ1v) is 13.7. The van der Waals surface area contributed by atoms with Crippen LogP contribution in [-0.4, -0.2) is 28.4 Å². The van der Waals surface area contributed by atoms with Crippen molar-refractivity contribution in [3.63, 3.8) is 0 Å². The number of nitrogens with zero attached hydrogens (tertiary/aromatic N) is 2.